The predicted molar refractivity (Wildman–Crippen MR) is 53.6 cm³/mol. The van der Waals surface area contributed by atoms with E-state index in [0.29, 0.717) is 6.04 Å². The molecule has 1 aliphatic rings. The first-order valence-electron chi connectivity index (χ1n) is 3.92. The number of rotatable bonds is 1. The van der Waals surface area contributed by atoms with E-state index in [1.54, 1.807) is 11.3 Å². The third kappa shape index (κ3) is 1.71. The van der Waals surface area contributed by atoms with Crippen molar-refractivity contribution in [3.05, 3.63) is 20.8 Å². The van der Waals surface area contributed by atoms with Gasteiger partial charge in [-0.1, -0.05) is 0 Å². The van der Waals surface area contributed by atoms with Crippen LogP contribution in [0.15, 0.2) is 15.9 Å². The van der Waals surface area contributed by atoms with E-state index in [4.69, 9.17) is 4.74 Å². The second kappa shape index (κ2) is 3.87. The lowest BCUT2D eigenvalue weighted by atomic mass is 10.2. The van der Waals surface area contributed by atoms with Crippen LogP contribution in [0.5, 0.6) is 0 Å². The number of nitrogens with one attached hydrogen (secondary N) is 1. The first-order valence-corrected chi connectivity index (χ1v) is 5.59. The van der Waals surface area contributed by atoms with Crippen LogP contribution in [0.3, 0.4) is 0 Å². The lowest BCUT2D eigenvalue weighted by molar-refractivity contribution is 0.0777. The SMILES string of the molecule is Brc1ccsc1C1COCCN1. The van der Waals surface area contributed by atoms with E-state index in [2.05, 4.69) is 32.7 Å². The minimum atomic E-state index is 0.383. The Morgan fingerprint density at radius 3 is 3.17 bits per heavy atom. The molecule has 12 heavy (non-hydrogen) atoms. The fraction of sp³-hybridized carbons (Fsp3) is 0.500. The van der Waals surface area contributed by atoms with E-state index in [9.17, 15) is 0 Å². The van der Waals surface area contributed by atoms with E-state index in [0.717, 1.165) is 19.8 Å². The third-order valence-electron chi connectivity index (χ3n) is 1.88. The van der Waals surface area contributed by atoms with Gasteiger partial charge in [-0.05, 0) is 27.4 Å². The molecule has 1 N–H and O–H groups in total. The van der Waals surface area contributed by atoms with Crippen LogP contribution in [-0.4, -0.2) is 19.8 Å². The quantitative estimate of drug-likeness (QED) is 0.822. The van der Waals surface area contributed by atoms with Crippen LogP contribution in [0.25, 0.3) is 0 Å². The second-order valence-electron chi connectivity index (χ2n) is 2.71. The van der Waals surface area contributed by atoms with Crippen LogP contribution in [0, 0.1) is 0 Å². The molecular weight excluding hydrogens is 238 g/mol. The number of hydrogen-bond donors (Lipinski definition) is 1. The molecule has 0 saturated carbocycles. The molecule has 0 spiro atoms. The maximum absolute atomic E-state index is 5.38. The summed E-state index contributed by atoms with van der Waals surface area (Å²) in [7, 11) is 0. The van der Waals surface area contributed by atoms with Crippen molar-refractivity contribution in [3.63, 3.8) is 0 Å². The van der Waals surface area contributed by atoms with Gasteiger partial charge in [0.15, 0.2) is 0 Å². The summed E-state index contributed by atoms with van der Waals surface area (Å²) in [4.78, 5) is 1.34. The molecule has 0 aliphatic carbocycles. The minimum absolute atomic E-state index is 0.383. The molecule has 2 nitrogen and oxygen atoms in total. The number of hydrogen-bond acceptors (Lipinski definition) is 3. The Hall–Kier alpha value is 0.1000. The molecule has 1 fully saturated rings. The maximum Gasteiger partial charge on any atom is 0.0670 e. The van der Waals surface area contributed by atoms with E-state index >= 15 is 0 Å². The molecule has 1 aliphatic heterocycles. The molecular formula is C8H10BrNOS. The Bertz CT molecular complexity index is 257. The normalized spacial score (nSPS) is 24.2. The molecule has 1 aromatic heterocycles. The molecule has 1 saturated heterocycles. The van der Waals surface area contributed by atoms with Gasteiger partial charge in [-0.25, -0.2) is 0 Å². The first kappa shape index (κ1) is 8.69. The lowest BCUT2D eigenvalue weighted by Crippen LogP contribution is -2.34. The van der Waals surface area contributed by atoms with E-state index in [1.165, 1.54) is 9.35 Å². The third-order valence-corrected chi connectivity index (χ3v) is 3.87. The van der Waals surface area contributed by atoms with E-state index in [1.807, 2.05) is 0 Å². The summed E-state index contributed by atoms with van der Waals surface area (Å²) in [6, 6.07) is 2.46. The van der Waals surface area contributed by atoms with Crippen LogP contribution in [-0.2, 0) is 4.74 Å². The molecule has 2 heterocycles. The van der Waals surface area contributed by atoms with Crippen molar-refractivity contribution in [2.45, 2.75) is 6.04 Å². The van der Waals surface area contributed by atoms with Crippen LogP contribution in [0.2, 0.25) is 0 Å². The summed E-state index contributed by atoms with van der Waals surface area (Å²) >= 11 is 5.28. The van der Waals surface area contributed by atoms with Crippen molar-refractivity contribution in [1.29, 1.82) is 0 Å². The van der Waals surface area contributed by atoms with Gasteiger partial charge in [0.25, 0.3) is 0 Å². The van der Waals surface area contributed by atoms with Gasteiger partial charge in [-0.3, -0.25) is 0 Å². The molecule has 1 aromatic rings. The second-order valence-corrected chi connectivity index (χ2v) is 4.52. The van der Waals surface area contributed by atoms with E-state index < -0.39 is 0 Å². The monoisotopic (exact) mass is 247 g/mol. The first-order chi connectivity index (χ1) is 5.88. The van der Waals surface area contributed by atoms with Crippen molar-refractivity contribution >= 4 is 27.3 Å². The molecule has 0 amide bonds. The molecule has 0 aromatic carbocycles. The summed E-state index contributed by atoms with van der Waals surface area (Å²) in [5.74, 6) is 0. The standard InChI is InChI=1S/C8H10BrNOS/c9-6-1-4-12-8(6)7-5-11-3-2-10-7/h1,4,7,10H,2-3,5H2. The molecule has 0 bridgehead atoms. The van der Waals surface area contributed by atoms with Gasteiger partial charge >= 0.3 is 0 Å². The van der Waals surface area contributed by atoms with Crippen molar-refractivity contribution in [3.8, 4) is 0 Å². The highest BCUT2D eigenvalue weighted by Gasteiger charge is 2.18. The number of thiophene rings is 1. The summed E-state index contributed by atoms with van der Waals surface area (Å²) in [5, 5.41) is 5.51. The number of halogens is 1. The highest BCUT2D eigenvalue weighted by atomic mass is 79.9. The van der Waals surface area contributed by atoms with Gasteiger partial charge in [-0.15, -0.1) is 11.3 Å². The Morgan fingerprint density at radius 1 is 1.67 bits per heavy atom. The van der Waals surface area contributed by atoms with Gasteiger partial charge in [0.1, 0.15) is 0 Å². The Labute approximate surface area is 84.1 Å². The Morgan fingerprint density at radius 2 is 2.58 bits per heavy atom. The van der Waals surface area contributed by atoms with E-state index in [-0.39, 0.29) is 0 Å². The fourth-order valence-corrected chi connectivity index (χ4v) is 3.00. The highest BCUT2D eigenvalue weighted by molar-refractivity contribution is 9.10. The van der Waals surface area contributed by atoms with Gasteiger partial charge in [-0.2, -0.15) is 0 Å². The zero-order valence-electron chi connectivity index (χ0n) is 6.55. The topological polar surface area (TPSA) is 21.3 Å². The molecule has 2 rings (SSSR count). The number of morpholine rings is 1. The van der Waals surface area contributed by atoms with Gasteiger partial charge in [0.2, 0.25) is 0 Å². The minimum Gasteiger partial charge on any atom is -0.378 e. The molecule has 0 radical (unpaired) electrons. The lowest BCUT2D eigenvalue weighted by Gasteiger charge is -2.23. The zero-order valence-corrected chi connectivity index (χ0v) is 8.95. The van der Waals surface area contributed by atoms with Crippen molar-refractivity contribution in [1.82, 2.24) is 5.32 Å². The van der Waals surface area contributed by atoms with Gasteiger partial charge in [0, 0.05) is 15.9 Å². The Kier molecular flexibility index (Phi) is 2.80. The predicted octanol–water partition coefficient (Wildman–Crippen LogP) is 2.17. The van der Waals surface area contributed by atoms with Crippen LogP contribution in [0.1, 0.15) is 10.9 Å². The van der Waals surface area contributed by atoms with Gasteiger partial charge < -0.3 is 10.1 Å². The molecule has 4 heteroatoms. The van der Waals surface area contributed by atoms with Crippen molar-refractivity contribution in [2.24, 2.45) is 0 Å². The fourth-order valence-electron chi connectivity index (χ4n) is 1.29. The van der Waals surface area contributed by atoms with Crippen LogP contribution >= 0.6 is 27.3 Å². The summed E-state index contributed by atoms with van der Waals surface area (Å²) in [6.45, 7) is 2.58. The molecule has 66 valence electrons. The average molecular weight is 248 g/mol. The largest absolute Gasteiger partial charge is 0.378 e. The smallest absolute Gasteiger partial charge is 0.0670 e. The molecule has 1 atom stereocenters. The van der Waals surface area contributed by atoms with Crippen molar-refractivity contribution in [2.75, 3.05) is 19.8 Å². The number of ether oxygens (including phenoxy) is 1. The molecule has 1 unspecified atom stereocenters. The van der Waals surface area contributed by atoms with Crippen LogP contribution in [0.4, 0.5) is 0 Å². The van der Waals surface area contributed by atoms with Gasteiger partial charge in [0.05, 0.1) is 19.3 Å². The zero-order chi connectivity index (χ0) is 8.39. The highest BCUT2D eigenvalue weighted by Crippen LogP contribution is 2.29. The van der Waals surface area contributed by atoms with Crippen molar-refractivity contribution < 1.29 is 4.74 Å². The summed E-state index contributed by atoms with van der Waals surface area (Å²) in [6.07, 6.45) is 0. The van der Waals surface area contributed by atoms with Crippen LogP contribution < -0.4 is 5.32 Å². The summed E-state index contributed by atoms with van der Waals surface area (Å²) in [5.41, 5.74) is 0. The summed E-state index contributed by atoms with van der Waals surface area (Å²) < 4.78 is 6.57. The maximum atomic E-state index is 5.38. The average Bonchev–Trinajstić information content (AvgIpc) is 2.53. The Balaban J connectivity index is 2.13.